The Kier molecular flexibility index (Phi) is 3.32. The van der Waals surface area contributed by atoms with Gasteiger partial charge in [0.25, 0.3) is 0 Å². The standard InChI is InChI=1S/C10H14N2O4S/c13-8-3-5-12(6-4-8)17(15,16)9-1-2-10(14)11-7-9/h1-2,7-8,13H,3-6H2,(H,11,14). The number of nitrogens with zero attached hydrogens (tertiary/aromatic N) is 1. The zero-order valence-corrected chi connectivity index (χ0v) is 9.98. The van der Waals surface area contributed by atoms with E-state index in [1.165, 1.54) is 22.6 Å². The number of aromatic nitrogens is 1. The number of aliphatic hydroxyl groups is 1. The fourth-order valence-electron chi connectivity index (χ4n) is 1.79. The summed E-state index contributed by atoms with van der Waals surface area (Å²) >= 11 is 0. The van der Waals surface area contributed by atoms with Crippen LogP contribution in [0, 0.1) is 0 Å². The molecule has 2 heterocycles. The Morgan fingerprint density at radius 3 is 2.47 bits per heavy atom. The molecule has 2 N–H and O–H groups in total. The summed E-state index contributed by atoms with van der Waals surface area (Å²) in [5.74, 6) is 0. The van der Waals surface area contributed by atoms with Crippen LogP contribution < -0.4 is 5.56 Å². The van der Waals surface area contributed by atoms with Crippen molar-refractivity contribution in [2.45, 2.75) is 23.8 Å². The Morgan fingerprint density at radius 2 is 1.94 bits per heavy atom. The lowest BCUT2D eigenvalue weighted by Gasteiger charge is -2.28. The molecule has 0 aliphatic carbocycles. The minimum Gasteiger partial charge on any atom is -0.393 e. The van der Waals surface area contributed by atoms with Crippen molar-refractivity contribution >= 4 is 10.0 Å². The first kappa shape index (κ1) is 12.3. The highest BCUT2D eigenvalue weighted by molar-refractivity contribution is 7.89. The van der Waals surface area contributed by atoms with E-state index in [2.05, 4.69) is 4.98 Å². The predicted octanol–water partition coefficient (Wildman–Crippen LogP) is -0.480. The highest BCUT2D eigenvalue weighted by atomic mass is 32.2. The number of H-pyrrole nitrogens is 1. The monoisotopic (exact) mass is 258 g/mol. The lowest BCUT2D eigenvalue weighted by Crippen LogP contribution is -2.40. The van der Waals surface area contributed by atoms with Gasteiger partial charge in [0.05, 0.1) is 11.0 Å². The Bertz CT molecular complexity index is 523. The van der Waals surface area contributed by atoms with Gasteiger partial charge in [-0.05, 0) is 18.9 Å². The number of piperidine rings is 1. The van der Waals surface area contributed by atoms with Crippen LogP contribution in [-0.4, -0.2) is 42.0 Å². The number of rotatable bonds is 2. The van der Waals surface area contributed by atoms with Gasteiger partial charge >= 0.3 is 0 Å². The molecule has 94 valence electrons. The van der Waals surface area contributed by atoms with Crippen LogP contribution in [0.3, 0.4) is 0 Å². The quantitative estimate of drug-likeness (QED) is 0.749. The van der Waals surface area contributed by atoms with Crippen molar-refractivity contribution in [1.82, 2.24) is 9.29 Å². The molecule has 1 aliphatic rings. The van der Waals surface area contributed by atoms with E-state index in [9.17, 15) is 18.3 Å². The molecule has 0 saturated carbocycles. The summed E-state index contributed by atoms with van der Waals surface area (Å²) < 4.78 is 25.6. The maximum Gasteiger partial charge on any atom is 0.247 e. The van der Waals surface area contributed by atoms with E-state index in [1.807, 2.05) is 0 Å². The summed E-state index contributed by atoms with van der Waals surface area (Å²) in [6, 6.07) is 2.48. The number of sulfonamides is 1. The normalized spacial score (nSPS) is 19.4. The summed E-state index contributed by atoms with van der Waals surface area (Å²) in [4.78, 5) is 13.3. The van der Waals surface area contributed by atoms with Crippen molar-refractivity contribution in [2.75, 3.05) is 13.1 Å². The molecule has 1 aromatic heterocycles. The summed E-state index contributed by atoms with van der Waals surface area (Å²) in [7, 11) is -3.55. The molecule has 0 amide bonds. The third kappa shape index (κ3) is 2.56. The van der Waals surface area contributed by atoms with Gasteiger partial charge in [-0.2, -0.15) is 4.31 Å². The van der Waals surface area contributed by atoms with Gasteiger partial charge in [0, 0.05) is 25.4 Å². The molecular formula is C10H14N2O4S. The maximum atomic E-state index is 12.1. The number of hydrogen-bond acceptors (Lipinski definition) is 4. The third-order valence-electron chi connectivity index (χ3n) is 2.82. The van der Waals surface area contributed by atoms with E-state index in [1.54, 1.807) is 0 Å². The van der Waals surface area contributed by atoms with Gasteiger partial charge in [-0.1, -0.05) is 0 Å². The predicted molar refractivity (Wildman–Crippen MR) is 61.1 cm³/mol. The van der Waals surface area contributed by atoms with E-state index in [0.29, 0.717) is 25.9 Å². The second-order valence-corrected chi connectivity index (χ2v) is 5.96. The molecule has 0 atom stereocenters. The van der Waals surface area contributed by atoms with Gasteiger partial charge in [-0.15, -0.1) is 0 Å². The summed E-state index contributed by atoms with van der Waals surface area (Å²) in [5, 5.41) is 9.33. The molecule has 2 rings (SSSR count). The van der Waals surface area contributed by atoms with Gasteiger partial charge in [0.2, 0.25) is 15.6 Å². The summed E-state index contributed by atoms with van der Waals surface area (Å²) in [6.07, 6.45) is 1.67. The van der Waals surface area contributed by atoms with Crippen LogP contribution in [0.5, 0.6) is 0 Å². The molecule has 1 aromatic rings. The molecule has 17 heavy (non-hydrogen) atoms. The van der Waals surface area contributed by atoms with Crippen LogP contribution in [0.25, 0.3) is 0 Å². The second kappa shape index (κ2) is 4.59. The number of aliphatic hydroxyl groups excluding tert-OH is 1. The van der Waals surface area contributed by atoms with Crippen molar-refractivity contribution in [1.29, 1.82) is 0 Å². The molecule has 0 unspecified atom stereocenters. The van der Waals surface area contributed by atoms with E-state index >= 15 is 0 Å². The number of pyridine rings is 1. The summed E-state index contributed by atoms with van der Waals surface area (Å²) in [5.41, 5.74) is -0.335. The molecule has 0 radical (unpaired) electrons. The number of aromatic amines is 1. The lowest BCUT2D eigenvalue weighted by molar-refractivity contribution is 0.113. The van der Waals surface area contributed by atoms with Crippen molar-refractivity contribution in [3.05, 3.63) is 28.7 Å². The van der Waals surface area contributed by atoms with Gasteiger partial charge in [-0.25, -0.2) is 8.42 Å². The molecule has 0 bridgehead atoms. The smallest absolute Gasteiger partial charge is 0.247 e. The number of nitrogens with one attached hydrogen (secondary N) is 1. The topological polar surface area (TPSA) is 90.5 Å². The first-order valence-corrected chi connectivity index (χ1v) is 6.81. The minimum absolute atomic E-state index is 0.0773. The SMILES string of the molecule is O=c1ccc(S(=O)(=O)N2CCC(O)CC2)c[nH]1. The van der Waals surface area contributed by atoms with E-state index in [4.69, 9.17) is 0 Å². The van der Waals surface area contributed by atoms with Crippen LogP contribution in [0.2, 0.25) is 0 Å². The van der Waals surface area contributed by atoms with Crippen LogP contribution in [0.1, 0.15) is 12.8 Å². The molecule has 1 aliphatic heterocycles. The van der Waals surface area contributed by atoms with Gasteiger partial charge in [0.15, 0.2) is 0 Å². The Hall–Kier alpha value is -1.18. The van der Waals surface area contributed by atoms with Crippen molar-refractivity contribution in [3.63, 3.8) is 0 Å². The van der Waals surface area contributed by atoms with Gasteiger partial charge in [-0.3, -0.25) is 4.79 Å². The van der Waals surface area contributed by atoms with Gasteiger partial charge < -0.3 is 10.1 Å². The Balaban J connectivity index is 2.24. The molecule has 0 spiro atoms. The minimum atomic E-state index is -3.55. The maximum absolute atomic E-state index is 12.1. The van der Waals surface area contributed by atoms with Crippen molar-refractivity contribution in [2.24, 2.45) is 0 Å². The van der Waals surface area contributed by atoms with Crippen LogP contribution >= 0.6 is 0 Å². The largest absolute Gasteiger partial charge is 0.393 e. The highest BCUT2D eigenvalue weighted by Gasteiger charge is 2.28. The van der Waals surface area contributed by atoms with Crippen molar-refractivity contribution in [3.8, 4) is 0 Å². The molecule has 1 saturated heterocycles. The van der Waals surface area contributed by atoms with E-state index in [-0.39, 0.29) is 10.5 Å². The van der Waals surface area contributed by atoms with Crippen LogP contribution in [-0.2, 0) is 10.0 Å². The fourth-order valence-corrected chi connectivity index (χ4v) is 3.23. The van der Waals surface area contributed by atoms with Gasteiger partial charge in [0.1, 0.15) is 0 Å². The fraction of sp³-hybridized carbons (Fsp3) is 0.500. The second-order valence-electron chi connectivity index (χ2n) is 4.02. The molecule has 7 heteroatoms. The number of hydrogen-bond donors (Lipinski definition) is 2. The molecule has 0 aromatic carbocycles. The summed E-state index contributed by atoms with van der Waals surface area (Å²) in [6.45, 7) is 0.616. The highest BCUT2D eigenvalue weighted by Crippen LogP contribution is 2.19. The average Bonchev–Trinajstić information content (AvgIpc) is 2.30. The average molecular weight is 258 g/mol. The van der Waals surface area contributed by atoms with Crippen LogP contribution in [0.4, 0.5) is 0 Å². The molecular weight excluding hydrogens is 244 g/mol. The zero-order valence-electron chi connectivity index (χ0n) is 9.17. The molecule has 1 fully saturated rings. The lowest BCUT2D eigenvalue weighted by atomic mass is 10.1. The van der Waals surface area contributed by atoms with Crippen LogP contribution in [0.15, 0.2) is 28.0 Å². The van der Waals surface area contributed by atoms with E-state index < -0.39 is 16.1 Å². The Labute approximate surface area is 98.9 Å². The Morgan fingerprint density at radius 1 is 1.29 bits per heavy atom. The zero-order chi connectivity index (χ0) is 12.5. The first-order chi connectivity index (χ1) is 8.00. The first-order valence-electron chi connectivity index (χ1n) is 5.37. The van der Waals surface area contributed by atoms with Crippen molar-refractivity contribution < 1.29 is 13.5 Å². The van der Waals surface area contributed by atoms with E-state index in [0.717, 1.165) is 0 Å². The molecule has 6 nitrogen and oxygen atoms in total. The third-order valence-corrected chi connectivity index (χ3v) is 4.71.